The molecule has 9 heteroatoms. The zero-order valence-electron chi connectivity index (χ0n) is 25.7. The predicted octanol–water partition coefficient (Wildman–Crippen LogP) is 4.71. The van der Waals surface area contributed by atoms with E-state index in [1.165, 1.54) is 6.08 Å². The largest absolute Gasteiger partial charge is 0.463 e. The molecule has 0 saturated heterocycles. The normalized spacial score (nSPS) is 13.5. The molecule has 0 aliphatic carbocycles. The van der Waals surface area contributed by atoms with Gasteiger partial charge in [0.05, 0.1) is 18.4 Å². The molecule has 3 rings (SSSR count). The molecule has 3 aromatic carbocycles. The topological polar surface area (TPSA) is 134 Å². The van der Waals surface area contributed by atoms with Crippen LogP contribution in [-0.2, 0) is 30.3 Å². The number of aliphatic hydroxyl groups is 1. The molecule has 0 bridgehead atoms. The third-order valence-corrected chi connectivity index (χ3v) is 7.35. The van der Waals surface area contributed by atoms with Crippen LogP contribution in [0.25, 0.3) is 10.8 Å². The van der Waals surface area contributed by atoms with E-state index in [-0.39, 0.29) is 19.4 Å². The monoisotopic (exact) mass is 613 g/mol. The van der Waals surface area contributed by atoms with Crippen molar-refractivity contribution in [2.24, 2.45) is 11.8 Å². The average molecular weight is 614 g/mol. The molecule has 0 heterocycles. The Morgan fingerprint density at radius 1 is 0.867 bits per heavy atom. The van der Waals surface area contributed by atoms with Gasteiger partial charge in [-0.15, -0.1) is 13.2 Å². The molecule has 4 atom stereocenters. The van der Waals surface area contributed by atoms with Gasteiger partial charge in [0.15, 0.2) is 0 Å². The number of carbonyl (C=O) groups excluding carboxylic acids is 4. The average Bonchev–Trinajstić information content (AvgIpc) is 3.04. The number of nitrogens with one attached hydrogen (secondary N) is 3. The van der Waals surface area contributed by atoms with E-state index in [0.29, 0.717) is 24.9 Å². The number of ether oxygens (including phenoxy) is 1. The Bertz CT molecular complexity index is 1460. The third-order valence-electron chi connectivity index (χ3n) is 7.35. The van der Waals surface area contributed by atoms with E-state index in [9.17, 15) is 24.3 Å². The van der Waals surface area contributed by atoms with Crippen LogP contribution < -0.4 is 16.0 Å². The molecule has 3 aromatic rings. The van der Waals surface area contributed by atoms with Gasteiger partial charge < -0.3 is 25.8 Å². The Labute approximate surface area is 264 Å². The smallest absolute Gasteiger partial charge is 0.309 e. The second kappa shape index (κ2) is 18.1. The number of amides is 3. The van der Waals surface area contributed by atoms with Gasteiger partial charge in [0, 0.05) is 18.2 Å². The van der Waals surface area contributed by atoms with Crippen molar-refractivity contribution in [1.29, 1.82) is 0 Å². The molecule has 0 aromatic heterocycles. The summed E-state index contributed by atoms with van der Waals surface area (Å²) in [7, 11) is 0. The van der Waals surface area contributed by atoms with Gasteiger partial charge in [0.2, 0.25) is 11.8 Å². The van der Waals surface area contributed by atoms with Gasteiger partial charge in [0.25, 0.3) is 5.91 Å². The lowest BCUT2D eigenvalue weighted by atomic mass is 9.95. The van der Waals surface area contributed by atoms with Crippen LogP contribution in [0.5, 0.6) is 0 Å². The molecule has 0 aliphatic heterocycles. The van der Waals surface area contributed by atoms with Crippen molar-refractivity contribution in [2.45, 2.75) is 51.1 Å². The fourth-order valence-electron chi connectivity index (χ4n) is 4.86. The predicted molar refractivity (Wildman–Crippen MR) is 176 cm³/mol. The number of allylic oxidation sites excluding steroid dienone is 2. The standard InChI is InChI=1S/C36H43N3O6/c1-4-6-15-30(20-26-13-8-7-9-14-26)36(44)45-24-32(35(43)38-31-19-18-27-16-10-11-17-28(27)21-31)39-34(42)29(12-5-2)22-33(41)37-25(3)23-40/h4-5,7-11,13-14,16-19,21,25,29-30,32,40H,1-2,6,12,15,20,22-24H2,3H3,(H,37,41)(H,38,43)(H,39,42)/t25-,29-,30+,32-/m0/s1. The van der Waals surface area contributed by atoms with Crippen LogP contribution in [0.3, 0.4) is 0 Å². The molecule has 4 N–H and O–H groups in total. The second-order valence-corrected chi connectivity index (χ2v) is 11.1. The van der Waals surface area contributed by atoms with Crippen molar-refractivity contribution in [3.63, 3.8) is 0 Å². The van der Waals surface area contributed by atoms with E-state index < -0.39 is 54.2 Å². The molecular weight excluding hydrogens is 570 g/mol. The number of hydrogen-bond donors (Lipinski definition) is 4. The number of anilines is 1. The number of aliphatic hydroxyl groups excluding tert-OH is 1. The minimum Gasteiger partial charge on any atom is -0.463 e. The summed E-state index contributed by atoms with van der Waals surface area (Å²) < 4.78 is 5.68. The number of esters is 1. The summed E-state index contributed by atoms with van der Waals surface area (Å²) in [4.78, 5) is 52.8. The molecule has 0 aliphatic rings. The van der Waals surface area contributed by atoms with Crippen molar-refractivity contribution in [3.8, 4) is 0 Å². The molecule has 0 fully saturated rings. The fourth-order valence-corrected chi connectivity index (χ4v) is 4.86. The Morgan fingerprint density at radius 3 is 2.27 bits per heavy atom. The Balaban J connectivity index is 1.79. The molecule has 45 heavy (non-hydrogen) atoms. The van der Waals surface area contributed by atoms with E-state index in [2.05, 4.69) is 29.1 Å². The molecule has 0 unspecified atom stereocenters. The minimum atomic E-state index is -1.24. The molecule has 0 radical (unpaired) electrons. The van der Waals surface area contributed by atoms with E-state index in [1.807, 2.05) is 66.7 Å². The Morgan fingerprint density at radius 2 is 1.58 bits per heavy atom. The first-order valence-electron chi connectivity index (χ1n) is 15.2. The first-order chi connectivity index (χ1) is 21.7. The highest BCUT2D eigenvalue weighted by Crippen LogP contribution is 2.20. The van der Waals surface area contributed by atoms with Crippen molar-refractivity contribution < 1.29 is 29.0 Å². The number of fused-ring (bicyclic) bond motifs is 1. The zero-order chi connectivity index (χ0) is 32.6. The van der Waals surface area contributed by atoms with Gasteiger partial charge in [-0.3, -0.25) is 19.2 Å². The number of carbonyl (C=O) groups is 4. The fraction of sp³-hybridized carbons (Fsp3) is 0.333. The second-order valence-electron chi connectivity index (χ2n) is 11.1. The van der Waals surface area contributed by atoms with Gasteiger partial charge >= 0.3 is 5.97 Å². The summed E-state index contributed by atoms with van der Waals surface area (Å²) >= 11 is 0. The van der Waals surface area contributed by atoms with Crippen molar-refractivity contribution in [2.75, 3.05) is 18.5 Å². The lowest BCUT2D eigenvalue weighted by Crippen LogP contribution is -2.50. The van der Waals surface area contributed by atoms with Crippen molar-refractivity contribution in [3.05, 3.63) is 104 Å². The van der Waals surface area contributed by atoms with Crippen LogP contribution in [0.15, 0.2) is 98.1 Å². The maximum Gasteiger partial charge on any atom is 0.309 e. The maximum absolute atomic E-state index is 13.6. The summed E-state index contributed by atoms with van der Waals surface area (Å²) in [6.07, 6.45) is 4.83. The van der Waals surface area contributed by atoms with Crippen LogP contribution in [0.1, 0.15) is 38.2 Å². The Hall–Kier alpha value is -4.76. The van der Waals surface area contributed by atoms with Crippen molar-refractivity contribution >= 4 is 40.2 Å². The highest BCUT2D eigenvalue weighted by Gasteiger charge is 2.29. The van der Waals surface area contributed by atoms with Gasteiger partial charge in [-0.1, -0.05) is 72.8 Å². The zero-order valence-corrected chi connectivity index (χ0v) is 25.7. The van der Waals surface area contributed by atoms with Gasteiger partial charge in [-0.25, -0.2) is 0 Å². The summed E-state index contributed by atoms with van der Waals surface area (Å²) in [6.45, 7) is 8.44. The number of benzene rings is 3. The molecule has 9 nitrogen and oxygen atoms in total. The minimum absolute atomic E-state index is 0.173. The lowest BCUT2D eigenvalue weighted by Gasteiger charge is -2.23. The van der Waals surface area contributed by atoms with Crippen molar-refractivity contribution in [1.82, 2.24) is 10.6 Å². The first kappa shape index (κ1) is 34.7. The van der Waals surface area contributed by atoms with Crippen LogP contribution in [0.2, 0.25) is 0 Å². The summed E-state index contributed by atoms with van der Waals surface area (Å²) in [6, 6.07) is 21.0. The highest BCUT2D eigenvalue weighted by molar-refractivity contribution is 5.99. The van der Waals surface area contributed by atoms with E-state index in [4.69, 9.17) is 4.74 Å². The Kier molecular flexibility index (Phi) is 14.0. The SMILES string of the molecule is C=CCC[C@H](Cc1ccccc1)C(=O)OC[C@H](NC(=O)[C@@H](CC=C)CC(=O)N[C@@H](C)CO)C(=O)Nc1ccc2ccccc2c1. The lowest BCUT2D eigenvalue weighted by molar-refractivity contribution is -0.150. The summed E-state index contributed by atoms with van der Waals surface area (Å²) in [5.74, 6) is -3.36. The molecule has 3 amide bonds. The number of hydrogen-bond acceptors (Lipinski definition) is 6. The quantitative estimate of drug-likeness (QED) is 0.121. The van der Waals surface area contributed by atoms with Gasteiger partial charge in [0.1, 0.15) is 12.6 Å². The van der Waals surface area contributed by atoms with Crippen LogP contribution in [-0.4, -0.2) is 54.1 Å². The molecule has 0 saturated carbocycles. The van der Waals surface area contributed by atoms with Gasteiger partial charge in [-0.2, -0.15) is 0 Å². The summed E-state index contributed by atoms with van der Waals surface area (Å²) in [5, 5.41) is 19.3. The van der Waals surface area contributed by atoms with Crippen LogP contribution >= 0.6 is 0 Å². The molecule has 238 valence electrons. The van der Waals surface area contributed by atoms with Crippen LogP contribution in [0, 0.1) is 11.8 Å². The maximum atomic E-state index is 13.6. The van der Waals surface area contributed by atoms with E-state index in [0.717, 1.165) is 16.3 Å². The van der Waals surface area contributed by atoms with Gasteiger partial charge in [-0.05, 0) is 61.1 Å². The third kappa shape index (κ3) is 11.4. The molecular formula is C36H43N3O6. The first-order valence-corrected chi connectivity index (χ1v) is 15.2. The summed E-state index contributed by atoms with van der Waals surface area (Å²) in [5.41, 5.74) is 1.49. The highest BCUT2D eigenvalue weighted by atomic mass is 16.5. The molecule has 0 spiro atoms. The van der Waals surface area contributed by atoms with E-state index in [1.54, 1.807) is 19.1 Å². The van der Waals surface area contributed by atoms with E-state index >= 15 is 0 Å². The number of rotatable bonds is 18. The van der Waals surface area contributed by atoms with Crippen LogP contribution in [0.4, 0.5) is 5.69 Å².